The zero-order valence-electron chi connectivity index (χ0n) is 7.49. The Morgan fingerprint density at radius 2 is 2.21 bits per heavy atom. The van der Waals surface area contributed by atoms with Crippen LogP contribution in [-0.2, 0) is 10.2 Å². The van der Waals surface area contributed by atoms with Crippen LogP contribution in [0.1, 0.15) is 6.92 Å². The smallest absolute Gasteiger partial charge is 0.264 e. The molecule has 1 aliphatic rings. The van der Waals surface area contributed by atoms with Gasteiger partial charge in [0.05, 0.1) is 11.4 Å². The lowest BCUT2D eigenvalue weighted by atomic mass is 10.3. The fourth-order valence-corrected chi connectivity index (χ4v) is 3.12. The van der Waals surface area contributed by atoms with Gasteiger partial charge >= 0.3 is 10.2 Å². The number of hydrogen-bond acceptors (Lipinski definition) is 2. The van der Waals surface area contributed by atoms with E-state index in [1.54, 1.807) is 25.1 Å². The van der Waals surface area contributed by atoms with E-state index in [0.29, 0.717) is 17.9 Å². The second-order valence-corrected chi connectivity index (χ2v) is 5.44. The second-order valence-electron chi connectivity index (χ2n) is 2.93. The molecule has 0 saturated carbocycles. The maximum Gasteiger partial charge on any atom is 0.324 e. The minimum Gasteiger partial charge on any atom is -0.264 e. The van der Waals surface area contributed by atoms with Crippen LogP contribution in [-0.4, -0.2) is 15.0 Å². The number of fused-ring (bicyclic) bond motifs is 1. The molecule has 0 atom stereocenters. The van der Waals surface area contributed by atoms with Gasteiger partial charge in [-0.05, 0) is 25.1 Å². The molecule has 0 fully saturated rings. The molecule has 1 heterocycles. The third-order valence-corrected chi connectivity index (χ3v) is 4.05. The maximum absolute atomic E-state index is 11.6. The van der Waals surface area contributed by atoms with Gasteiger partial charge in [0.25, 0.3) is 0 Å². The number of halogens is 1. The summed E-state index contributed by atoms with van der Waals surface area (Å²) < 4.78 is 27.8. The Labute approximate surface area is 91.2 Å². The Kier molecular flexibility index (Phi) is 2.19. The number of rotatable bonds is 1. The van der Waals surface area contributed by atoms with Crippen molar-refractivity contribution < 1.29 is 8.42 Å². The summed E-state index contributed by atoms with van der Waals surface area (Å²) in [5, 5.41) is 0. The fourth-order valence-electron chi connectivity index (χ4n) is 1.46. The summed E-state index contributed by atoms with van der Waals surface area (Å²) in [5.74, 6) is 0. The average molecular weight is 277 g/mol. The lowest BCUT2D eigenvalue weighted by molar-refractivity contribution is 0.599. The molecule has 14 heavy (non-hydrogen) atoms. The van der Waals surface area contributed by atoms with Gasteiger partial charge in [0.1, 0.15) is 0 Å². The molecule has 0 radical (unpaired) electrons. The highest BCUT2D eigenvalue weighted by atomic mass is 79.9. The predicted octanol–water partition coefficient (Wildman–Crippen LogP) is 1.95. The molecule has 1 N–H and O–H groups in total. The second kappa shape index (κ2) is 3.13. The van der Waals surface area contributed by atoms with Crippen molar-refractivity contribution in [3.63, 3.8) is 0 Å². The molecule has 6 heteroatoms. The first kappa shape index (κ1) is 9.79. The van der Waals surface area contributed by atoms with Gasteiger partial charge in [-0.25, -0.2) is 0 Å². The number of benzene rings is 1. The minimum atomic E-state index is -3.35. The van der Waals surface area contributed by atoms with Gasteiger partial charge in [0, 0.05) is 11.0 Å². The highest BCUT2D eigenvalue weighted by Gasteiger charge is 2.30. The van der Waals surface area contributed by atoms with Crippen LogP contribution in [0.5, 0.6) is 0 Å². The van der Waals surface area contributed by atoms with E-state index in [4.69, 9.17) is 0 Å². The number of nitrogens with zero attached hydrogens (tertiary/aromatic N) is 1. The van der Waals surface area contributed by atoms with Crippen LogP contribution in [0.15, 0.2) is 22.7 Å². The molecular weight excluding hydrogens is 268 g/mol. The zero-order chi connectivity index (χ0) is 10.3. The van der Waals surface area contributed by atoms with Crippen LogP contribution in [0, 0.1) is 0 Å². The van der Waals surface area contributed by atoms with Crippen LogP contribution in [0.2, 0.25) is 0 Å². The third-order valence-electron chi connectivity index (χ3n) is 2.04. The van der Waals surface area contributed by atoms with Crippen LogP contribution in [0.4, 0.5) is 11.4 Å². The predicted molar refractivity (Wildman–Crippen MR) is 59.7 cm³/mol. The van der Waals surface area contributed by atoms with Gasteiger partial charge in [-0.2, -0.15) is 8.42 Å². The lowest BCUT2D eigenvalue weighted by Crippen LogP contribution is -2.29. The number of nitrogens with one attached hydrogen (secondary N) is 1. The van der Waals surface area contributed by atoms with Gasteiger partial charge in [-0.3, -0.25) is 9.03 Å². The zero-order valence-corrected chi connectivity index (χ0v) is 9.89. The molecule has 0 aliphatic carbocycles. The van der Waals surface area contributed by atoms with Crippen LogP contribution in [0.25, 0.3) is 0 Å². The van der Waals surface area contributed by atoms with Crippen molar-refractivity contribution in [2.24, 2.45) is 0 Å². The summed E-state index contributed by atoms with van der Waals surface area (Å²) in [4.78, 5) is 0. The van der Waals surface area contributed by atoms with Crippen molar-refractivity contribution in [2.45, 2.75) is 6.92 Å². The SMILES string of the molecule is CCN1c2cc(Br)ccc2NS1(=O)=O. The molecule has 0 aromatic heterocycles. The molecule has 1 aromatic carbocycles. The maximum atomic E-state index is 11.6. The molecule has 1 aromatic rings. The Hall–Kier alpha value is -0.750. The minimum absolute atomic E-state index is 0.429. The molecule has 0 bridgehead atoms. The molecule has 0 unspecified atom stereocenters. The van der Waals surface area contributed by atoms with Gasteiger partial charge in [0.15, 0.2) is 0 Å². The monoisotopic (exact) mass is 276 g/mol. The van der Waals surface area contributed by atoms with E-state index in [9.17, 15) is 8.42 Å². The van der Waals surface area contributed by atoms with E-state index in [0.717, 1.165) is 4.47 Å². The first-order valence-corrected chi connectivity index (χ1v) is 6.38. The topological polar surface area (TPSA) is 49.4 Å². The van der Waals surface area contributed by atoms with E-state index in [1.807, 2.05) is 0 Å². The Morgan fingerprint density at radius 3 is 2.86 bits per heavy atom. The first-order chi connectivity index (χ1) is 6.54. The Balaban J connectivity index is 2.60. The molecule has 0 saturated heterocycles. The normalized spacial score (nSPS) is 17.7. The molecule has 4 nitrogen and oxygen atoms in total. The number of hydrogen-bond donors (Lipinski definition) is 1. The van der Waals surface area contributed by atoms with E-state index in [-0.39, 0.29) is 0 Å². The summed E-state index contributed by atoms with van der Waals surface area (Å²) >= 11 is 3.31. The van der Waals surface area contributed by atoms with Crippen LogP contribution in [0.3, 0.4) is 0 Å². The van der Waals surface area contributed by atoms with Gasteiger partial charge in [-0.1, -0.05) is 15.9 Å². The van der Waals surface area contributed by atoms with Crippen molar-refractivity contribution in [2.75, 3.05) is 15.6 Å². The average Bonchev–Trinajstić information content (AvgIpc) is 2.34. The Bertz CT molecular complexity index is 472. The lowest BCUT2D eigenvalue weighted by Gasteiger charge is -2.13. The number of anilines is 2. The van der Waals surface area contributed by atoms with E-state index < -0.39 is 10.2 Å². The largest absolute Gasteiger partial charge is 0.324 e. The Morgan fingerprint density at radius 1 is 1.50 bits per heavy atom. The first-order valence-electron chi connectivity index (χ1n) is 4.14. The van der Waals surface area contributed by atoms with Crippen molar-refractivity contribution >= 4 is 37.5 Å². The molecule has 0 amide bonds. The van der Waals surface area contributed by atoms with E-state index in [2.05, 4.69) is 20.7 Å². The fraction of sp³-hybridized carbons (Fsp3) is 0.250. The summed E-state index contributed by atoms with van der Waals surface area (Å²) in [6.07, 6.45) is 0. The van der Waals surface area contributed by atoms with Gasteiger partial charge in [0.2, 0.25) is 0 Å². The third kappa shape index (κ3) is 1.38. The molecule has 76 valence electrons. The molecular formula is C8H9BrN2O2S. The highest BCUT2D eigenvalue weighted by Crippen LogP contribution is 2.37. The molecule has 2 rings (SSSR count). The molecule has 1 aliphatic heterocycles. The summed E-state index contributed by atoms with van der Waals surface area (Å²) in [6.45, 7) is 2.23. The van der Waals surface area contributed by atoms with Gasteiger partial charge in [-0.15, -0.1) is 0 Å². The van der Waals surface area contributed by atoms with Crippen molar-refractivity contribution in [1.82, 2.24) is 0 Å². The van der Waals surface area contributed by atoms with Crippen molar-refractivity contribution in [1.29, 1.82) is 0 Å². The van der Waals surface area contributed by atoms with Crippen molar-refractivity contribution in [3.05, 3.63) is 22.7 Å². The van der Waals surface area contributed by atoms with E-state index in [1.165, 1.54) is 4.31 Å². The van der Waals surface area contributed by atoms with Gasteiger partial charge < -0.3 is 0 Å². The summed E-state index contributed by atoms with van der Waals surface area (Å²) in [7, 11) is -3.35. The van der Waals surface area contributed by atoms with Crippen LogP contribution >= 0.6 is 15.9 Å². The van der Waals surface area contributed by atoms with E-state index >= 15 is 0 Å². The summed E-state index contributed by atoms with van der Waals surface area (Å²) in [5.41, 5.74) is 1.33. The van der Waals surface area contributed by atoms with Crippen molar-refractivity contribution in [3.8, 4) is 0 Å². The quantitative estimate of drug-likeness (QED) is 0.852. The van der Waals surface area contributed by atoms with Crippen LogP contribution < -0.4 is 9.03 Å². The standard InChI is InChI=1S/C8H9BrN2O2S/c1-2-11-8-5-6(9)3-4-7(8)10-14(11,12)13/h3-5,10H,2H2,1H3. The highest BCUT2D eigenvalue weighted by molar-refractivity contribution is 9.10. The summed E-state index contributed by atoms with van der Waals surface area (Å²) in [6, 6.07) is 5.34. The molecule has 0 spiro atoms.